The molecule has 0 unspecified atom stereocenters. The van der Waals surface area contributed by atoms with Crippen LogP contribution in [0.15, 0.2) is 18.2 Å². The molecule has 0 atom stereocenters. The Morgan fingerprint density at radius 1 is 1.25 bits per heavy atom. The van der Waals surface area contributed by atoms with E-state index in [1.165, 1.54) is 0 Å². The van der Waals surface area contributed by atoms with E-state index in [1.807, 2.05) is 18.2 Å². The molecular weight excluding hydrogens is 270 g/mol. The SMILES string of the molecule is COc1ccc(C(N)=S)cc1CN(C)CCCN(C)C. The van der Waals surface area contributed by atoms with E-state index in [0.717, 1.165) is 42.9 Å². The molecule has 0 aliphatic rings. The van der Waals surface area contributed by atoms with Crippen LogP contribution >= 0.6 is 12.2 Å². The molecule has 0 saturated carbocycles. The molecule has 0 saturated heterocycles. The maximum atomic E-state index is 5.69. The molecule has 0 heterocycles. The minimum Gasteiger partial charge on any atom is -0.496 e. The van der Waals surface area contributed by atoms with Crippen molar-refractivity contribution in [2.75, 3.05) is 41.3 Å². The van der Waals surface area contributed by atoms with Gasteiger partial charge in [0.05, 0.1) is 7.11 Å². The van der Waals surface area contributed by atoms with Crippen LogP contribution in [0.3, 0.4) is 0 Å². The molecule has 4 nitrogen and oxygen atoms in total. The van der Waals surface area contributed by atoms with E-state index in [0.29, 0.717) is 4.99 Å². The van der Waals surface area contributed by atoms with Crippen LogP contribution in [-0.4, -0.2) is 56.1 Å². The largest absolute Gasteiger partial charge is 0.496 e. The van der Waals surface area contributed by atoms with Crippen molar-refractivity contribution in [3.63, 3.8) is 0 Å². The predicted molar refractivity (Wildman–Crippen MR) is 88.4 cm³/mol. The Bertz CT molecular complexity index is 449. The van der Waals surface area contributed by atoms with E-state index in [1.54, 1.807) is 7.11 Å². The van der Waals surface area contributed by atoms with Crippen LogP contribution in [0, 0.1) is 0 Å². The van der Waals surface area contributed by atoms with Gasteiger partial charge in [-0.05, 0) is 58.9 Å². The van der Waals surface area contributed by atoms with Gasteiger partial charge in [0.1, 0.15) is 10.7 Å². The molecule has 0 aliphatic heterocycles. The summed E-state index contributed by atoms with van der Waals surface area (Å²) in [5.74, 6) is 0.879. The number of methoxy groups -OCH3 is 1. The van der Waals surface area contributed by atoms with Crippen LogP contribution in [0.5, 0.6) is 5.75 Å². The number of nitrogens with zero attached hydrogens (tertiary/aromatic N) is 2. The Labute approximate surface area is 127 Å². The lowest BCUT2D eigenvalue weighted by Gasteiger charge is -2.20. The second-order valence-electron chi connectivity index (χ2n) is 5.29. The van der Waals surface area contributed by atoms with Crippen molar-refractivity contribution in [2.24, 2.45) is 5.73 Å². The van der Waals surface area contributed by atoms with Crippen molar-refractivity contribution in [3.8, 4) is 5.75 Å². The molecule has 0 bridgehead atoms. The van der Waals surface area contributed by atoms with Gasteiger partial charge in [-0.15, -0.1) is 0 Å². The van der Waals surface area contributed by atoms with Crippen molar-refractivity contribution in [1.29, 1.82) is 0 Å². The minimum atomic E-state index is 0.421. The second-order valence-corrected chi connectivity index (χ2v) is 5.73. The predicted octanol–water partition coefficient (Wildman–Crippen LogP) is 1.71. The lowest BCUT2D eigenvalue weighted by Crippen LogP contribution is -2.24. The van der Waals surface area contributed by atoms with E-state index in [2.05, 4.69) is 30.9 Å². The molecule has 0 amide bonds. The fourth-order valence-electron chi connectivity index (χ4n) is 2.08. The Kier molecular flexibility index (Phi) is 6.91. The summed E-state index contributed by atoms with van der Waals surface area (Å²) in [6.07, 6.45) is 1.14. The standard InChI is InChI=1S/C15H25N3OS/c1-17(2)8-5-9-18(3)11-13-10-12(15(16)20)6-7-14(13)19-4/h6-7,10H,5,8-9,11H2,1-4H3,(H2,16,20). The number of hydrogen-bond acceptors (Lipinski definition) is 4. The number of nitrogens with two attached hydrogens (primary N) is 1. The van der Waals surface area contributed by atoms with E-state index < -0.39 is 0 Å². The van der Waals surface area contributed by atoms with E-state index >= 15 is 0 Å². The third-order valence-corrected chi connectivity index (χ3v) is 3.39. The van der Waals surface area contributed by atoms with Crippen LogP contribution in [0.4, 0.5) is 0 Å². The molecule has 0 aromatic heterocycles. The van der Waals surface area contributed by atoms with E-state index in [-0.39, 0.29) is 0 Å². The molecule has 0 aliphatic carbocycles. The van der Waals surface area contributed by atoms with Gasteiger partial charge in [-0.25, -0.2) is 0 Å². The Hall–Kier alpha value is -1.17. The van der Waals surface area contributed by atoms with Crippen molar-refractivity contribution >= 4 is 17.2 Å². The molecule has 20 heavy (non-hydrogen) atoms. The zero-order valence-electron chi connectivity index (χ0n) is 12.8. The molecule has 112 valence electrons. The zero-order chi connectivity index (χ0) is 15.1. The Balaban J connectivity index is 2.69. The third-order valence-electron chi connectivity index (χ3n) is 3.15. The summed E-state index contributed by atoms with van der Waals surface area (Å²) < 4.78 is 5.40. The average Bonchev–Trinajstić information content (AvgIpc) is 2.38. The number of ether oxygens (including phenoxy) is 1. The van der Waals surface area contributed by atoms with Gasteiger partial charge in [-0.1, -0.05) is 12.2 Å². The third kappa shape index (κ3) is 5.45. The lowest BCUT2D eigenvalue weighted by atomic mass is 10.1. The molecule has 5 heteroatoms. The van der Waals surface area contributed by atoms with Gasteiger partial charge in [0.25, 0.3) is 0 Å². The Morgan fingerprint density at radius 2 is 1.95 bits per heavy atom. The van der Waals surface area contributed by atoms with Crippen molar-refractivity contribution < 1.29 is 4.74 Å². The zero-order valence-corrected chi connectivity index (χ0v) is 13.7. The van der Waals surface area contributed by atoms with Crippen LogP contribution in [0.1, 0.15) is 17.5 Å². The normalized spacial score (nSPS) is 11.1. The quantitative estimate of drug-likeness (QED) is 0.740. The van der Waals surface area contributed by atoms with Crippen molar-refractivity contribution in [3.05, 3.63) is 29.3 Å². The van der Waals surface area contributed by atoms with Crippen molar-refractivity contribution in [1.82, 2.24) is 9.80 Å². The first-order chi connectivity index (χ1) is 9.43. The van der Waals surface area contributed by atoms with Gasteiger partial charge in [0.2, 0.25) is 0 Å². The fraction of sp³-hybridized carbons (Fsp3) is 0.533. The molecule has 0 fully saturated rings. The highest BCUT2D eigenvalue weighted by Gasteiger charge is 2.09. The first-order valence-electron chi connectivity index (χ1n) is 6.74. The summed E-state index contributed by atoms with van der Waals surface area (Å²) >= 11 is 5.03. The lowest BCUT2D eigenvalue weighted by molar-refractivity contribution is 0.289. The molecule has 1 aromatic carbocycles. The maximum Gasteiger partial charge on any atom is 0.123 e. The fourth-order valence-corrected chi connectivity index (χ4v) is 2.21. The number of rotatable bonds is 8. The number of benzene rings is 1. The summed E-state index contributed by atoms with van der Waals surface area (Å²) in [5.41, 5.74) is 7.69. The van der Waals surface area contributed by atoms with E-state index in [9.17, 15) is 0 Å². The van der Waals surface area contributed by atoms with Gasteiger partial charge in [-0.3, -0.25) is 0 Å². The van der Waals surface area contributed by atoms with Gasteiger partial charge < -0.3 is 20.3 Å². The molecule has 0 radical (unpaired) electrons. The van der Waals surface area contributed by atoms with Crippen LogP contribution in [0.25, 0.3) is 0 Å². The van der Waals surface area contributed by atoms with Crippen LogP contribution in [0.2, 0.25) is 0 Å². The molecule has 0 spiro atoms. The Morgan fingerprint density at radius 3 is 2.50 bits per heavy atom. The minimum absolute atomic E-state index is 0.421. The van der Waals surface area contributed by atoms with Gasteiger partial charge in [0.15, 0.2) is 0 Å². The summed E-state index contributed by atoms with van der Waals surface area (Å²) in [6, 6.07) is 5.85. The van der Waals surface area contributed by atoms with E-state index in [4.69, 9.17) is 22.7 Å². The van der Waals surface area contributed by atoms with Gasteiger partial charge in [-0.2, -0.15) is 0 Å². The van der Waals surface area contributed by atoms with Crippen LogP contribution in [-0.2, 0) is 6.54 Å². The summed E-state index contributed by atoms with van der Waals surface area (Å²) in [4.78, 5) is 4.90. The topological polar surface area (TPSA) is 41.7 Å². The maximum absolute atomic E-state index is 5.69. The molecule has 1 rings (SSSR count). The highest BCUT2D eigenvalue weighted by Crippen LogP contribution is 2.21. The van der Waals surface area contributed by atoms with Gasteiger partial charge in [0, 0.05) is 17.7 Å². The van der Waals surface area contributed by atoms with Gasteiger partial charge >= 0.3 is 0 Å². The number of hydrogen-bond donors (Lipinski definition) is 1. The highest BCUT2D eigenvalue weighted by atomic mass is 32.1. The average molecular weight is 295 g/mol. The second kappa shape index (κ2) is 8.19. The summed E-state index contributed by atoms with van der Waals surface area (Å²) in [7, 11) is 7.98. The highest BCUT2D eigenvalue weighted by molar-refractivity contribution is 7.80. The van der Waals surface area contributed by atoms with Crippen molar-refractivity contribution in [2.45, 2.75) is 13.0 Å². The molecule has 1 aromatic rings. The number of thiocarbonyl (C=S) groups is 1. The van der Waals surface area contributed by atoms with Crippen LogP contribution < -0.4 is 10.5 Å². The molecular formula is C15H25N3OS. The molecule has 2 N–H and O–H groups in total. The smallest absolute Gasteiger partial charge is 0.123 e. The summed E-state index contributed by atoms with van der Waals surface area (Å²) in [5, 5.41) is 0. The first-order valence-corrected chi connectivity index (χ1v) is 7.15. The monoisotopic (exact) mass is 295 g/mol. The summed E-state index contributed by atoms with van der Waals surface area (Å²) in [6.45, 7) is 2.96. The first kappa shape index (κ1) is 16.9.